The first-order chi connectivity index (χ1) is 14.3. The molecule has 0 radical (unpaired) electrons. The second-order valence-electron chi connectivity index (χ2n) is 7.21. The summed E-state index contributed by atoms with van der Waals surface area (Å²) in [7, 11) is 0. The van der Waals surface area contributed by atoms with E-state index in [-0.39, 0.29) is 18.1 Å². The van der Waals surface area contributed by atoms with E-state index >= 15 is 0 Å². The number of rotatable bonds is 14. The molecule has 176 valence electrons. The first kappa shape index (κ1) is 28.1. The Morgan fingerprint density at radius 1 is 0.839 bits per heavy atom. The van der Waals surface area contributed by atoms with Crippen molar-refractivity contribution in [3.63, 3.8) is 0 Å². The quantitative estimate of drug-likeness (QED) is 0.124. The fourth-order valence-corrected chi connectivity index (χ4v) is 2.56. The number of nitrogens with two attached hydrogens (primary N) is 2. The maximum absolute atomic E-state index is 12.5. The van der Waals surface area contributed by atoms with Gasteiger partial charge in [0.1, 0.15) is 18.1 Å². The SMILES string of the molecule is CC(C)CC(NC(=O)C(CC(=O)O)NC(=O)C(CC(N)=O)NC(=O)C(N)CS)C(=O)O. The van der Waals surface area contributed by atoms with Gasteiger partial charge in [-0.15, -0.1) is 0 Å². The van der Waals surface area contributed by atoms with Crippen molar-refractivity contribution in [3.8, 4) is 0 Å². The van der Waals surface area contributed by atoms with Crippen molar-refractivity contribution in [2.45, 2.75) is 57.3 Å². The van der Waals surface area contributed by atoms with Gasteiger partial charge in [-0.25, -0.2) is 4.79 Å². The average molecular weight is 464 g/mol. The van der Waals surface area contributed by atoms with Crippen LogP contribution < -0.4 is 27.4 Å². The summed E-state index contributed by atoms with van der Waals surface area (Å²) < 4.78 is 0. The molecule has 0 aliphatic heterocycles. The van der Waals surface area contributed by atoms with Crippen LogP contribution in [0.15, 0.2) is 0 Å². The zero-order valence-corrected chi connectivity index (χ0v) is 18.1. The number of carboxylic acids is 2. The molecule has 14 heteroatoms. The number of carbonyl (C=O) groups excluding carboxylic acids is 4. The van der Waals surface area contributed by atoms with Crippen molar-refractivity contribution >= 4 is 48.2 Å². The van der Waals surface area contributed by atoms with Gasteiger partial charge in [0, 0.05) is 5.75 Å². The van der Waals surface area contributed by atoms with Gasteiger partial charge in [-0.3, -0.25) is 24.0 Å². The minimum atomic E-state index is -1.68. The maximum atomic E-state index is 12.5. The normalized spacial score (nSPS) is 14.6. The average Bonchev–Trinajstić information content (AvgIpc) is 2.64. The van der Waals surface area contributed by atoms with Crippen LogP contribution in [0.3, 0.4) is 0 Å². The van der Waals surface area contributed by atoms with Crippen molar-refractivity contribution in [2.75, 3.05) is 5.75 Å². The fourth-order valence-electron chi connectivity index (χ4n) is 2.39. The molecule has 0 spiro atoms. The van der Waals surface area contributed by atoms with E-state index in [4.69, 9.17) is 16.6 Å². The second-order valence-corrected chi connectivity index (χ2v) is 7.57. The van der Waals surface area contributed by atoms with Gasteiger partial charge in [-0.1, -0.05) is 13.8 Å². The van der Waals surface area contributed by atoms with Crippen LogP contribution in [-0.4, -0.2) is 75.7 Å². The molecule has 0 bridgehead atoms. The second kappa shape index (κ2) is 13.4. The Morgan fingerprint density at radius 2 is 1.29 bits per heavy atom. The number of hydrogen-bond acceptors (Lipinski definition) is 8. The van der Waals surface area contributed by atoms with Gasteiger partial charge in [0.25, 0.3) is 0 Å². The maximum Gasteiger partial charge on any atom is 0.326 e. The van der Waals surface area contributed by atoms with Crippen LogP contribution >= 0.6 is 12.6 Å². The van der Waals surface area contributed by atoms with Gasteiger partial charge in [-0.05, 0) is 12.3 Å². The molecular formula is C17H29N5O8S. The highest BCUT2D eigenvalue weighted by Gasteiger charge is 2.32. The molecule has 4 atom stereocenters. The van der Waals surface area contributed by atoms with Crippen molar-refractivity contribution in [1.29, 1.82) is 0 Å². The molecule has 4 amide bonds. The molecular weight excluding hydrogens is 434 g/mol. The Balaban J connectivity index is 5.51. The monoisotopic (exact) mass is 463 g/mol. The van der Waals surface area contributed by atoms with Gasteiger partial charge in [-0.2, -0.15) is 12.6 Å². The largest absolute Gasteiger partial charge is 0.481 e. The van der Waals surface area contributed by atoms with E-state index < -0.39 is 72.6 Å². The minimum Gasteiger partial charge on any atom is -0.481 e. The zero-order valence-electron chi connectivity index (χ0n) is 17.2. The Labute approximate surface area is 184 Å². The number of hydrogen-bond donors (Lipinski definition) is 8. The van der Waals surface area contributed by atoms with E-state index in [0.717, 1.165) is 0 Å². The number of carbonyl (C=O) groups is 6. The lowest BCUT2D eigenvalue weighted by Crippen LogP contribution is -2.58. The predicted molar refractivity (Wildman–Crippen MR) is 111 cm³/mol. The Morgan fingerprint density at radius 3 is 1.68 bits per heavy atom. The highest BCUT2D eigenvalue weighted by Crippen LogP contribution is 2.06. The third kappa shape index (κ3) is 11.2. The topological polar surface area (TPSA) is 231 Å². The van der Waals surface area contributed by atoms with E-state index in [1.54, 1.807) is 13.8 Å². The molecule has 0 aliphatic rings. The van der Waals surface area contributed by atoms with Gasteiger partial charge in [0.2, 0.25) is 23.6 Å². The summed E-state index contributed by atoms with van der Waals surface area (Å²) in [5.74, 6) is -6.85. The Hall–Kier alpha value is -2.87. The van der Waals surface area contributed by atoms with Crippen LogP contribution in [0, 0.1) is 5.92 Å². The third-order valence-electron chi connectivity index (χ3n) is 3.91. The van der Waals surface area contributed by atoms with Gasteiger partial charge >= 0.3 is 11.9 Å². The van der Waals surface area contributed by atoms with Crippen LogP contribution in [0.1, 0.15) is 33.1 Å². The molecule has 0 aliphatic carbocycles. The summed E-state index contributed by atoms with van der Waals surface area (Å²) >= 11 is 3.85. The number of thiol groups is 1. The minimum absolute atomic E-state index is 0.0623. The first-order valence-electron chi connectivity index (χ1n) is 9.28. The number of carboxylic acid groups (broad SMARTS) is 2. The zero-order chi connectivity index (χ0) is 24.3. The molecule has 0 aromatic carbocycles. The van der Waals surface area contributed by atoms with Crippen molar-refractivity contribution in [3.05, 3.63) is 0 Å². The number of amides is 4. The summed E-state index contributed by atoms with van der Waals surface area (Å²) in [5.41, 5.74) is 10.6. The van der Waals surface area contributed by atoms with Crippen molar-refractivity contribution in [1.82, 2.24) is 16.0 Å². The van der Waals surface area contributed by atoms with Gasteiger partial charge in [0.05, 0.1) is 18.9 Å². The molecule has 4 unspecified atom stereocenters. The van der Waals surface area contributed by atoms with Gasteiger partial charge in [0.15, 0.2) is 0 Å². The third-order valence-corrected chi connectivity index (χ3v) is 4.30. The molecule has 0 heterocycles. The van der Waals surface area contributed by atoms with Crippen LogP contribution in [0.4, 0.5) is 0 Å². The summed E-state index contributed by atoms with van der Waals surface area (Å²) in [4.78, 5) is 70.7. The Kier molecular flexibility index (Phi) is 12.2. The molecule has 0 saturated carbocycles. The van der Waals surface area contributed by atoms with E-state index in [2.05, 4.69) is 28.6 Å². The van der Waals surface area contributed by atoms with E-state index in [1.165, 1.54) is 0 Å². The van der Waals surface area contributed by atoms with Crippen LogP contribution in [-0.2, 0) is 28.8 Å². The Bertz CT molecular complexity index is 702. The molecule has 0 aromatic heterocycles. The van der Waals surface area contributed by atoms with Crippen LogP contribution in [0.5, 0.6) is 0 Å². The highest BCUT2D eigenvalue weighted by molar-refractivity contribution is 7.80. The summed E-state index contributed by atoms with van der Waals surface area (Å²) in [6.07, 6.45) is -1.46. The molecule has 0 fully saturated rings. The number of nitrogens with one attached hydrogen (secondary N) is 3. The lowest BCUT2D eigenvalue weighted by atomic mass is 10.0. The standard InChI is InChI=1S/C17H29N5O8S/c1-7(2)3-11(17(29)30)22-16(28)10(5-13(24)25)21-15(27)9(4-12(19)23)20-14(26)8(18)6-31/h7-11,31H,3-6,18H2,1-2H3,(H2,19,23)(H,20,26)(H,21,27)(H,22,28)(H,24,25)(H,29,30). The van der Waals surface area contributed by atoms with Crippen molar-refractivity contribution in [2.24, 2.45) is 17.4 Å². The van der Waals surface area contributed by atoms with Gasteiger partial charge < -0.3 is 37.6 Å². The van der Waals surface area contributed by atoms with Crippen LogP contribution in [0.25, 0.3) is 0 Å². The highest BCUT2D eigenvalue weighted by atomic mass is 32.1. The molecule has 0 rings (SSSR count). The molecule has 0 saturated heterocycles. The summed E-state index contributed by atoms with van der Waals surface area (Å²) in [6, 6.07) is -5.62. The summed E-state index contributed by atoms with van der Waals surface area (Å²) in [5, 5.41) is 24.8. The number of primary amides is 1. The summed E-state index contributed by atoms with van der Waals surface area (Å²) in [6.45, 7) is 3.45. The van der Waals surface area contributed by atoms with E-state index in [9.17, 15) is 33.9 Å². The predicted octanol–water partition coefficient (Wildman–Crippen LogP) is -2.82. The molecule has 9 N–H and O–H groups in total. The van der Waals surface area contributed by atoms with Crippen molar-refractivity contribution < 1.29 is 39.0 Å². The van der Waals surface area contributed by atoms with E-state index in [0.29, 0.717) is 0 Å². The molecule has 31 heavy (non-hydrogen) atoms. The smallest absolute Gasteiger partial charge is 0.326 e. The first-order valence-corrected chi connectivity index (χ1v) is 9.92. The van der Waals surface area contributed by atoms with Crippen LogP contribution in [0.2, 0.25) is 0 Å². The van der Waals surface area contributed by atoms with E-state index in [1.807, 2.05) is 0 Å². The lowest BCUT2D eigenvalue weighted by molar-refractivity contribution is -0.144. The number of aliphatic carboxylic acids is 2. The molecule has 13 nitrogen and oxygen atoms in total. The molecule has 0 aromatic rings. The fraction of sp³-hybridized carbons (Fsp3) is 0.647. The lowest BCUT2D eigenvalue weighted by Gasteiger charge is -2.24.